The van der Waals surface area contributed by atoms with Crippen molar-refractivity contribution in [3.8, 4) is 0 Å². The lowest BCUT2D eigenvalue weighted by Gasteiger charge is -2.43. The molecule has 0 saturated carbocycles. The summed E-state index contributed by atoms with van der Waals surface area (Å²) in [5.41, 5.74) is 1.34. The van der Waals surface area contributed by atoms with Gasteiger partial charge in [0.2, 0.25) is 5.95 Å². The molecule has 2 aliphatic rings. The van der Waals surface area contributed by atoms with Crippen molar-refractivity contribution in [1.29, 1.82) is 0 Å². The van der Waals surface area contributed by atoms with E-state index >= 15 is 0 Å². The molecule has 1 unspecified atom stereocenters. The molecule has 26 heavy (non-hydrogen) atoms. The molecule has 0 aromatic carbocycles. The summed E-state index contributed by atoms with van der Waals surface area (Å²) in [6, 6.07) is 4.15. The molecule has 4 heterocycles. The first-order valence-corrected chi connectivity index (χ1v) is 9.14. The first kappa shape index (κ1) is 17.3. The number of likely N-dealkylation sites (tertiary alicyclic amines) is 1. The van der Waals surface area contributed by atoms with Crippen LogP contribution < -0.4 is 4.90 Å². The van der Waals surface area contributed by atoms with Crippen molar-refractivity contribution in [2.75, 3.05) is 44.3 Å². The molecule has 2 saturated heterocycles. The summed E-state index contributed by atoms with van der Waals surface area (Å²) in [5.74, 6) is 0.179. The summed E-state index contributed by atoms with van der Waals surface area (Å²) >= 11 is 0. The van der Waals surface area contributed by atoms with Gasteiger partial charge < -0.3 is 9.64 Å². The van der Waals surface area contributed by atoms with Crippen molar-refractivity contribution in [2.45, 2.75) is 19.4 Å². The quantitative estimate of drug-likeness (QED) is 0.839. The molecule has 2 fully saturated rings. The highest BCUT2D eigenvalue weighted by atomic mass is 19.1. The number of pyridine rings is 1. The molecule has 0 N–H and O–H groups in total. The molecule has 0 radical (unpaired) electrons. The normalized spacial score (nSPS) is 24.6. The minimum Gasteiger partial charge on any atom is -0.379 e. The fourth-order valence-corrected chi connectivity index (χ4v) is 4.07. The van der Waals surface area contributed by atoms with Crippen LogP contribution in [0.25, 0.3) is 0 Å². The Morgan fingerprint density at radius 1 is 1.12 bits per heavy atom. The Balaban J connectivity index is 1.49. The minimum atomic E-state index is -0.407. The molecular weight excluding hydrogens is 333 g/mol. The summed E-state index contributed by atoms with van der Waals surface area (Å²) in [5, 5.41) is 0. The van der Waals surface area contributed by atoms with Crippen LogP contribution in [0.5, 0.6) is 0 Å². The summed E-state index contributed by atoms with van der Waals surface area (Å²) in [4.78, 5) is 17.1. The molecular formula is C19H24FN5O. The van der Waals surface area contributed by atoms with Crippen LogP contribution in [0.15, 0.2) is 36.9 Å². The van der Waals surface area contributed by atoms with E-state index in [-0.39, 0.29) is 5.41 Å². The van der Waals surface area contributed by atoms with Gasteiger partial charge in [0, 0.05) is 44.0 Å². The predicted molar refractivity (Wildman–Crippen MR) is 96.2 cm³/mol. The van der Waals surface area contributed by atoms with Crippen LogP contribution in [-0.2, 0) is 11.3 Å². The first-order valence-electron chi connectivity index (χ1n) is 9.14. The molecule has 4 rings (SSSR count). The topological polar surface area (TPSA) is 54.4 Å². The zero-order valence-electron chi connectivity index (χ0n) is 14.9. The Morgan fingerprint density at radius 3 is 2.73 bits per heavy atom. The third kappa shape index (κ3) is 3.99. The molecule has 0 aliphatic carbocycles. The highest BCUT2D eigenvalue weighted by Crippen LogP contribution is 2.34. The van der Waals surface area contributed by atoms with Crippen molar-refractivity contribution < 1.29 is 9.13 Å². The SMILES string of the molecule is Fc1cnc(N2CCOCC3(CCCN(Cc4ccncc4)C3)C2)nc1. The van der Waals surface area contributed by atoms with Crippen LogP contribution in [0.4, 0.5) is 10.3 Å². The van der Waals surface area contributed by atoms with Gasteiger partial charge in [-0.3, -0.25) is 9.88 Å². The Kier molecular flexibility index (Phi) is 5.08. The van der Waals surface area contributed by atoms with Crippen molar-refractivity contribution in [1.82, 2.24) is 19.9 Å². The monoisotopic (exact) mass is 357 g/mol. The number of hydrogen-bond donors (Lipinski definition) is 0. The number of piperidine rings is 1. The highest BCUT2D eigenvalue weighted by molar-refractivity contribution is 5.30. The molecule has 7 heteroatoms. The van der Waals surface area contributed by atoms with E-state index in [0.29, 0.717) is 12.6 Å². The van der Waals surface area contributed by atoms with E-state index in [2.05, 4.69) is 36.9 Å². The second-order valence-electron chi connectivity index (χ2n) is 7.35. The smallest absolute Gasteiger partial charge is 0.225 e. The predicted octanol–water partition coefficient (Wildman–Crippen LogP) is 2.13. The molecule has 2 aliphatic heterocycles. The average Bonchev–Trinajstić information content (AvgIpc) is 2.86. The molecule has 2 aromatic heterocycles. The number of nitrogens with zero attached hydrogens (tertiary/aromatic N) is 5. The second kappa shape index (κ2) is 7.63. The lowest BCUT2D eigenvalue weighted by molar-refractivity contribution is 0.0106. The number of aromatic nitrogens is 3. The van der Waals surface area contributed by atoms with Crippen LogP contribution >= 0.6 is 0 Å². The fourth-order valence-electron chi connectivity index (χ4n) is 4.07. The molecule has 2 aromatic rings. The number of anilines is 1. The average molecular weight is 357 g/mol. The van der Waals surface area contributed by atoms with Crippen LogP contribution in [0, 0.1) is 11.2 Å². The van der Waals surface area contributed by atoms with Gasteiger partial charge >= 0.3 is 0 Å². The molecule has 6 nitrogen and oxygen atoms in total. The molecule has 138 valence electrons. The van der Waals surface area contributed by atoms with Gasteiger partial charge in [-0.25, -0.2) is 14.4 Å². The van der Waals surface area contributed by atoms with Gasteiger partial charge in [0.25, 0.3) is 0 Å². The number of halogens is 1. The Bertz CT molecular complexity index is 714. The lowest BCUT2D eigenvalue weighted by Crippen LogP contribution is -2.50. The van der Waals surface area contributed by atoms with E-state index in [0.717, 1.165) is 52.2 Å². The first-order chi connectivity index (χ1) is 12.7. The highest BCUT2D eigenvalue weighted by Gasteiger charge is 2.39. The summed E-state index contributed by atoms with van der Waals surface area (Å²) in [7, 11) is 0. The maximum Gasteiger partial charge on any atom is 0.225 e. The summed E-state index contributed by atoms with van der Waals surface area (Å²) in [6.45, 7) is 5.97. The van der Waals surface area contributed by atoms with E-state index in [4.69, 9.17) is 4.74 Å². The minimum absolute atomic E-state index is 0.0551. The third-order valence-corrected chi connectivity index (χ3v) is 5.23. The van der Waals surface area contributed by atoms with Gasteiger partial charge in [0.15, 0.2) is 5.82 Å². The van der Waals surface area contributed by atoms with Crippen molar-refractivity contribution in [2.24, 2.45) is 5.41 Å². The van der Waals surface area contributed by atoms with Gasteiger partial charge in [-0.2, -0.15) is 0 Å². The zero-order valence-corrected chi connectivity index (χ0v) is 14.9. The van der Waals surface area contributed by atoms with Gasteiger partial charge in [-0.1, -0.05) is 0 Å². The lowest BCUT2D eigenvalue weighted by atomic mass is 9.80. The van der Waals surface area contributed by atoms with Crippen LogP contribution in [0.3, 0.4) is 0 Å². The van der Waals surface area contributed by atoms with Gasteiger partial charge in [-0.15, -0.1) is 0 Å². The van der Waals surface area contributed by atoms with E-state index in [1.807, 2.05) is 12.4 Å². The van der Waals surface area contributed by atoms with Crippen LogP contribution in [0.2, 0.25) is 0 Å². The van der Waals surface area contributed by atoms with E-state index in [1.165, 1.54) is 18.0 Å². The van der Waals surface area contributed by atoms with Gasteiger partial charge in [-0.05, 0) is 37.1 Å². The molecule has 0 amide bonds. The van der Waals surface area contributed by atoms with E-state index in [9.17, 15) is 4.39 Å². The maximum absolute atomic E-state index is 13.2. The van der Waals surface area contributed by atoms with E-state index < -0.39 is 5.82 Å². The maximum atomic E-state index is 13.2. The molecule has 0 bridgehead atoms. The van der Waals surface area contributed by atoms with Gasteiger partial charge in [0.1, 0.15) is 0 Å². The summed E-state index contributed by atoms with van der Waals surface area (Å²) < 4.78 is 19.1. The zero-order chi connectivity index (χ0) is 17.8. The number of hydrogen-bond acceptors (Lipinski definition) is 6. The standard InChI is InChI=1S/C19H24FN5O/c20-17-10-22-18(23-11-17)25-8-9-26-15-19(14-25)4-1-7-24(13-19)12-16-2-5-21-6-3-16/h2-3,5-6,10-11H,1,4,7-9,12-15H2. The van der Waals surface area contributed by atoms with Crippen LogP contribution in [0.1, 0.15) is 18.4 Å². The van der Waals surface area contributed by atoms with Crippen LogP contribution in [-0.4, -0.2) is 59.2 Å². The molecule has 1 atom stereocenters. The summed E-state index contributed by atoms with van der Waals surface area (Å²) in [6.07, 6.45) is 8.42. The van der Waals surface area contributed by atoms with Crippen molar-refractivity contribution in [3.63, 3.8) is 0 Å². The number of ether oxygens (including phenoxy) is 1. The Labute approximate surface area is 153 Å². The third-order valence-electron chi connectivity index (χ3n) is 5.23. The van der Waals surface area contributed by atoms with Crippen molar-refractivity contribution in [3.05, 3.63) is 48.3 Å². The Morgan fingerprint density at radius 2 is 1.92 bits per heavy atom. The van der Waals surface area contributed by atoms with Gasteiger partial charge in [0.05, 0.1) is 25.6 Å². The second-order valence-corrected chi connectivity index (χ2v) is 7.35. The van der Waals surface area contributed by atoms with Crippen molar-refractivity contribution >= 4 is 5.95 Å². The Hall–Kier alpha value is -2.12. The van der Waals surface area contributed by atoms with E-state index in [1.54, 1.807) is 0 Å². The fraction of sp³-hybridized carbons (Fsp3) is 0.526. The largest absolute Gasteiger partial charge is 0.379 e. The number of rotatable bonds is 3. The molecule has 1 spiro atoms.